The Morgan fingerprint density at radius 3 is 3.06 bits per heavy atom. The Bertz CT molecular complexity index is 374. The van der Waals surface area contributed by atoms with Crippen molar-refractivity contribution in [3.63, 3.8) is 0 Å². The second kappa shape index (κ2) is 4.80. The van der Waals surface area contributed by atoms with Crippen LogP contribution >= 0.6 is 11.3 Å². The molecule has 1 aromatic heterocycles. The standard InChI is InChI=1S/C10H14N2O3S/c1-3-15-7-4-12(5-7)10-11-8(6-16-10)9(13)14-2/h6-7H,3-5H2,1-2H3. The van der Waals surface area contributed by atoms with Crippen molar-refractivity contribution in [2.75, 3.05) is 31.7 Å². The van der Waals surface area contributed by atoms with Gasteiger partial charge in [0.25, 0.3) is 0 Å². The summed E-state index contributed by atoms with van der Waals surface area (Å²) in [6, 6.07) is 0. The van der Waals surface area contributed by atoms with Crippen molar-refractivity contribution >= 4 is 22.4 Å². The number of methoxy groups -OCH3 is 1. The van der Waals surface area contributed by atoms with Gasteiger partial charge in [-0.05, 0) is 6.92 Å². The Hall–Kier alpha value is -1.14. The van der Waals surface area contributed by atoms with Crippen LogP contribution in [0.3, 0.4) is 0 Å². The molecule has 0 aromatic carbocycles. The normalized spacial score (nSPS) is 16.0. The number of nitrogens with zero attached hydrogens (tertiary/aromatic N) is 2. The molecule has 1 aromatic rings. The highest BCUT2D eigenvalue weighted by Gasteiger charge is 2.29. The van der Waals surface area contributed by atoms with E-state index in [1.54, 1.807) is 5.38 Å². The molecule has 2 rings (SSSR count). The average Bonchev–Trinajstić information content (AvgIpc) is 2.70. The number of hydrogen-bond donors (Lipinski definition) is 0. The number of aromatic nitrogens is 1. The zero-order chi connectivity index (χ0) is 11.5. The summed E-state index contributed by atoms with van der Waals surface area (Å²) in [6.07, 6.45) is 0.301. The number of rotatable bonds is 4. The fourth-order valence-electron chi connectivity index (χ4n) is 1.54. The Morgan fingerprint density at radius 1 is 1.69 bits per heavy atom. The van der Waals surface area contributed by atoms with E-state index in [0.717, 1.165) is 24.8 Å². The minimum Gasteiger partial charge on any atom is -0.464 e. The van der Waals surface area contributed by atoms with Crippen molar-refractivity contribution in [2.24, 2.45) is 0 Å². The molecule has 6 heteroatoms. The fourth-order valence-corrected chi connectivity index (χ4v) is 2.36. The average molecular weight is 242 g/mol. The summed E-state index contributed by atoms with van der Waals surface area (Å²) < 4.78 is 10.1. The van der Waals surface area contributed by atoms with Gasteiger partial charge in [0.05, 0.1) is 13.2 Å². The van der Waals surface area contributed by atoms with E-state index < -0.39 is 0 Å². The van der Waals surface area contributed by atoms with Crippen molar-refractivity contribution < 1.29 is 14.3 Å². The van der Waals surface area contributed by atoms with Crippen LogP contribution in [0.5, 0.6) is 0 Å². The summed E-state index contributed by atoms with van der Waals surface area (Å²) >= 11 is 1.46. The van der Waals surface area contributed by atoms with Crippen LogP contribution < -0.4 is 4.90 Å². The van der Waals surface area contributed by atoms with E-state index in [4.69, 9.17) is 4.74 Å². The molecule has 0 unspecified atom stereocenters. The lowest BCUT2D eigenvalue weighted by molar-refractivity contribution is 0.0430. The van der Waals surface area contributed by atoms with E-state index >= 15 is 0 Å². The monoisotopic (exact) mass is 242 g/mol. The van der Waals surface area contributed by atoms with Gasteiger partial charge in [0, 0.05) is 25.1 Å². The minimum absolute atomic E-state index is 0.301. The van der Waals surface area contributed by atoms with Gasteiger partial charge in [-0.25, -0.2) is 9.78 Å². The molecular formula is C10H14N2O3S. The van der Waals surface area contributed by atoms with Gasteiger partial charge >= 0.3 is 5.97 Å². The van der Waals surface area contributed by atoms with Gasteiger partial charge in [0.2, 0.25) is 0 Å². The van der Waals surface area contributed by atoms with E-state index in [-0.39, 0.29) is 5.97 Å². The van der Waals surface area contributed by atoms with Crippen LogP contribution in [0.1, 0.15) is 17.4 Å². The van der Waals surface area contributed by atoms with E-state index in [1.165, 1.54) is 18.4 Å². The smallest absolute Gasteiger partial charge is 0.357 e. The third-order valence-corrected chi connectivity index (χ3v) is 3.31. The number of esters is 1. The van der Waals surface area contributed by atoms with Gasteiger partial charge in [-0.3, -0.25) is 0 Å². The maximum absolute atomic E-state index is 11.2. The third-order valence-electron chi connectivity index (χ3n) is 2.41. The summed E-state index contributed by atoms with van der Waals surface area (Å²) in [5.74, 6) is -0.385. The molecule has 0 atom stereocenters. The molecule has 1 saturated heterocycles. The quantitative estimate of drug-likeness (QED) is 0.741. The van der Waals surface area contributed by atoms with E-state index in [0.29, 0.717) is 11.8 Å². The van der Waals surface area contributed by atoms with Crippen LogP contribution in [0.2, 0.25) is 0 Å². The first-order valence-corrected chi connectivity index (χ1v) is 6.03. The van der Waals surface area contributed by atoms with Crippen molar-refractivity contribution in [2.45, 2.75) is 13.0 Å². The van der Waals surface area contributed by atoms with Crippen molar-refractivity contribution in [3.8, 4) is 0 Å². The molecular weight excluding hydrogens is 228 g/mol. The summed E-state index contributed by atoms with van der Waals surface area (Å²) in [7, 11) is 1.36. The molecule has 2 heterocycles. The molecule has 0 bridgehead atoms. The summed E-state index contributed by atoms with van der Waals surface area (Å²) in [5, 5.41) is 2.58. The highest BCUT2D eigenvalue weighted by atomic mass is 32.1. The van der Waals surface area contributed by atoms with Gasteiger partial charge < -0.3 is 14.4 Å². The fraction of sp³-hybridized carbons (Fsp3) is 0.600. The van der Waals surface area contributed by atoms with Crippen LogP contribution in [-0.4, -0.2) is 43.9 Å². The molecule has 0 saturated carbocycles. The second-order valence-corrected chi connectivity index (χ2v) is 4.33. The van der Waals surface area contributed by atoms with Gasteiger partial charge in [0.1, 0.15) is 0 Å². The molecule has 5 nitrogen and oxygen atoms in total. The third kappa shape index (κ3) is 2.17. The number of thiazole rings is 1. The number of anilines is 1. The van der Waals surface area contributed by atoms with Gasteiger partial charge in [-0.1, -0.05) is 0 Å². The first-order valence-electron chi connectivity index (χ1n) is 5.15. The Labute approximate surface area is 98.0 Å². The first-order chi connectivity index (χ1) is 7.74. The molecule has 1 fully saturated rings. The lowest BCUT2D eigenvalue weighted by Crippen LogP contribution is -2.52. The van der Waals surface area contributed by atoms with E-state index in [9.17, 15) is 4.79 Å². The highest BCUT2D eigenvalue weighted by molar-refractivity contribution is 7.13. The maximum Gasteiger partial charge on any atom is 0.357 e. The molecule has 1 aliphatic rings. The van der Waals surface area contributed by atoms with Crippen LogP contribution in [0.4, 0.5) is 5.13 Å². The van der Waals surface area contributed by atoms with Gasteiger partial charge in [-0.15, -0.1) is 11.3 Å². The lowest BCUT2D eigenvalue weighted by atomic mass is 10.2. The van der Waals surface area contributed by atoms with E-state index in [2.05, 4.69) is 14.6 Å². The Morgan fingerprint density at radius 2 is 2.44 bits per heavy atom. The number of ether oxygens (including phenoxy) is 2. The molecule has 0 amide bonds. The largest absolute Gasteiger partial charge is 0.464 e. The second-order valence-electron chi connectivity index (χ2n) is 3.49. The van der Waals surface area contributed by atoms with Crippen LogP contribution in [0, 0.1) is 0 Å². The zero-order valence-electron chi connectivity index (χ0n) is 9.30. The predicted molar refractivity (Wildman–Crippen MR) is 61.1 cm³/mol. The highest BCUT2D eigenvalue weighted by Crippen LogP contribution is 2.26. The zero-order valence-corrected chi connectivity index (χ0v) is 10.1. The van der Waals surface area contributed by atoms with Gasteiger partial charge in [-0.2, -0.15) is 0 Å². The molecule has 0 radical (unpaired) electrons. The van der Waals surface area contributed by atoms with Crippen molar-refractivity contribution in [1.82, 2.24) is 4.98 Å². The van der Waals surface area contributed by atoms with Crippen molar-refractivity contribution in [1.29, 1.82) is 0 Å². The van der Waals surface area contributed by atoms with Gasteiger partial charge in [0.15, 0.2) is 10.8 Å². The SMILES string of the molecule is CCOC1CN(c2nc(C(=O)OC)cs2)C1. The first kappa shape index (κ1) is 11.3. The number of carbonyl (C=O) groups is 1. The molecule has 1 aliphatic heterocycles. The lowest BCUT2D eigenvalue weighted by Gasteiger charge is -2.38. The van der Waals surface area contributed by atoms with E-state index in [1.807, 2.05) is 6.92 Å². The molecule has 16 heavy (non-hydrogen) atoms. The molecule has 0 N–H and O–H groups in total. The van der Waals surface area contributed by atoms with Crippen LogP contribution in [0.15, 0.2) is 5.38 Å². The molecule has 0 aliphatic carbocycles. The topological polar surface area (TPSA) is 51.7 Å². The van der Waals surface area contributed by atoms with Crippen LogP contribution in [-0.2, 0) is 9.47 Å². The predicted octanol–water partition coefficient (Wildman–Crippen LogP) is 1.15. The van der Waals surface area contributed by atoms with Crippen molar-refractivity contribution in [3.05, 3.63) is 11.1 Å². The molecule has 88 valence electrons. The molecule has 0 spiro atoms. The van der Waals surface area contributed by atoms with Crippen LogP contribution in [0.25, 0.3) is 0 Å². The Kier molecular flexibility index (Phi) is 3.40. The maximum atomic E-state index is 11.2. The summed E-state index contributed by atoms with van der Waals surface area (Å²) in [6.45, 7) is 4.43. The summed E-state index contributed by atoms with van der Waals surface area (Å²) in [5.41, 5.74) is 0.377. The number of carbonyl (C=O) groups excluding carboxylic acids is 1. The summed E-state index contributed by atoms with van der Waals surface area (Å²) in [4.78, 5) is 17.5. The minimum atomic E-state index is -0.385. The Balaban J connectivity index is 1.92. The number of hydrogen-bond acceptors (Lipinski definition) is 6.